The van der Waals surface area contributed by atoms with E-state index in [1.165, 1.54) is 94.8 Å². The van der Waals surface area contributed by atoms with Crippen LogP contribution in [-0.4, -0.2) is 6.71 Å². The van der Waals surface area contributed by atoms with Gasteiger partial charge in [0.15, 0.2) is 0 Å². The summed E-state index contributed by atoms with van der Waals surface area (Å²) in [5, 5.41) is 0. The lowest BCUT2D eigenvalue weighted by atomic mass is 9.33. The van der Waals surface area contributed by atoms with Gasteiger partial charge in [0.05, 0.1) is 11.4 Å². The van der Waals surface area contributed by atoms with Crippen LogP contribution in [0.5, 0.6) is 0 Å². The molecule has 0 bridgehead atoms. The Labute approximate surface area is 470 Å². The normalized spacial score (nSPS) is 13.8. The second-order valence-electron chi connectivity index (χ2n) is 29.1. The number of anilines is 9. The van der Waals surface area contributed by atoms with Gasteiger partial charge in [0.2, 0.25) is 0 Å². The molecule has 0 saturated carbocycles. The summed E-state index contributed by atoms with van der Waals surface area (Å²) in [5.41, 5.74) is 27.1. The van der Waals surface area contributed by atoms with E-state index in [9.17, 15) is 0 Å². The van der Waals surface area contributed by atoms with Gasteiger partial charge in [-0.05, 0) is 174 Å². The van der Waals surface area contributed by atoms with Crippen molar-refractivity contribution in [1.82, 2.24) is 0 Å². The van der Waals surface area contributed by atoms with Gasteiger partial charge in [-0.1, -0.05) is 221 Å². The van der Waals surface area contributed by atoms with E-state index in [1.54, 1.807) is 0 Å². The van der Waals surface area contributed by atoms with Crippen molar-refractivity contribution in [3.63, 3.8) is 0 Å². The number of hydrogen-bond acceptors (Lipinski definition) is 3. The van der Waals surface area contributed by atoms with Crippen LogP contribution in [0.2, 0.25) is 0 Å². The third-order valence-corrected chi connectivity index (χ3v) is 16.8. The van der Waals surface area contributed by atoms with Crippen LogP contribution < -0.4 is 31.1 Å². The van der Waals surface area contributed by atoms with Crippen LogP contribution in [0.1, 0.15) is 169 Å². The number of benzene rings is 8. The van der Waals surface area contributed by atoms with Gasteiger partial charge in [0.1, 0.15) is 0 Å². The summed E-state index contributed by atoms with van der Waals surface area (Å²) < 4.78 is 0. The Hall–Kier alpha value is -6.78. The molecule has 0 unspecified atom stereocenters. The standard InChI is InChI=1S/C74H86BN3/c1-47-21-37-62(48(2)41-47)76(56-33-26-51(27-34-56)70(6,7)8)58-45-66-68-67(46-58)78(63-38-30-53(72(12,13)14)42-59(63)49-22-24-50(25-23-49)69(3,4)5)65-40-32-55(74(18,19)20)44-61(65)75(68)60-43-54(73(15,16)17)31-39-64(60)77(66)57-35-28-52(29-36-57)71(9,10)11/h21-46H,1-20H3. The lowest BCUT2D eigenvalue weighted by Crippen LogP contribution is -2.61. The van der Waals surface area contributed by atoms with E-state index in [0.717, 1.165) is 28.4 Å². The molecule has 78 heavy (non-hydrogen) atoms. The Morgan fingerprint density at radius 3 is 1.19 bits per heavy atom. The van der Waals surface area contributed by atoms with E-state index in [2.05, 4.69) is 311 Å². The summed E-state index contributed by atoms with van der Waals surface area (Å²) in [6, 6.07) is 62.3. The van der Waals surface area contributed by atoms with Crippen LogP contribution in [0.3, 0.4) is 0 Å². The summed E-state index contributed by atoms with van der Waals surface area (Å²) in [7, 11) is 0. The molecule has 400 valence electrons. The van der Waals surface area contributed by atoms with Crippen molar-refractivity contribution in [3.8, 4) is 11.1 Å². The fourth-order valence-corrected chi connectivity index (χ4v) is 11.9. The van der Waals surface area contributed by atoms with E-state index in [0.29, 0.717) is 0 Å². The predicted octanol–water partition coefficient (Wildman–Crippen LogP) is 19.3. The minimum atomic E-state index is -0.0817. The van der Waals surface area contributed by atoms with Crippen LogP contribution in [-0.2, 0) is 32.5 Å². The van der Waals surface area contributed by atoms with Crippen molar-refractivity contribution < 1.29 is 0 Å². The van der Waals surface area contributed by atoms with Gasteiger partial charge >= 0.3 is 0 Å². The SMILES string of the molecule is Cc1ccc(N(c2ccc(C(C)(C)C)cc2)c2cc3c4c(c2)N(c2ccc(C(C)(C)C)cc2-c2ccc(C(C)(C)C)cc2)c2ccc(C(C)(C)C)cc2B4c2cc(C(C)(C)C)ccc2N3c2ccc(C(C)(C)C)cc2)c(C)c1. The first-order valence-electron chi connectivity index (χ1n) is 28.7. The highest BCUT2D eigenvalue weighted by Crippen LogP contribution is 2.51. The molecule has 0 aliphatic carbocycles. The van der Waals surface area contributed by atoms with Crippen molar-refractivity contribution in [2.24, 2.45) is 0 Å². The van der Waals surface area contributed by atoms with E-state index in [1.807, 2.05) is 0 Å². The molecule has 0 amide bonds. The van der Waals surface area contributed by atoms with E-state index in [-0.39, 0.29) is 39.2 Å². The Balaban J connectivity index is 1.39. The van der Waals surface area contributed by atoms with Crippen molar-refractivity contribution >= 4 is 74.3 Å². The van der Waals surface area contributed by atoms with Gasteiger partial charge in [-0.15, -0.1) is 0 Å². The molecule has 8 aromatic rings. The van der Waals surface area contributed by atoms with E-state index in [4.69, 9.17) is 0 Å². The maximum Gasteiger partial charge on any atom is 0.252 e. The Bertz CT molecular complexity index is 3570. The van der Waals surface area contributed by atoms with Crippen molar-refractivity contribution in [2.75, 3.05) is 14.7 Å². The Morgan fingerprint density at radius 1 is 0.333 bits per heavy atom. The molecule has 8 aromatic carbocycles. The number of nitrogens with zero attached hydrogens (tertiary/aromatic N) is 3. The van der Waals surface area contributed by atoms with Gasteiger partial charge < -0.3 is 14.7 Å². The summed E-state index contributed by atoms with van der Waals surface area (Å²) in [5.74, 6) is 0. The molecule has 0 spiro atoms. The second-order valence-corrected chi connectivity index (χ2v) is 29.1. The average molecular weight is 1030 g/mol. The van der Waals surface area contributed by atoms with Crippen LogP contribution in [0.4, 0.5) is 51.2 Å². The first-order valence-corrected chi connectivity index (χ1v) is 28.7. The topological polar surface area (TPSA) is 9.72 Å². The summed E-state index contributed by atoms with van der Waals surface area (Å²) in [4.78, 5) is 7.78. The zero-order chi connectivity index (χ0) is 56.4. The number of aryl methyl sites for hydroxylation is 2. The van der Waals surface area contributed by atoms with E-state index >= 15 is 0 Å². The molecular formula is C74H86BN3. The molecular weight excluding hydrogens is 942 g/mol. The van der Waals surface area contributed by atoms with Crippen LogP contribution in [0.25, 0.3) is 11.1 Å². The third-order valence-electron chi connectivity index (χ3n) is 16.8. The summed E-state index contributed by atoms with van der Waals surface area (Å²) in [6.07, 6.45) is 0. The van der Waals surface area contributed by atoms with E-state index < -0.39 is 0 Å². The Morgan fingerprint density at radius 2 is 0.731 bits per heavy atom. The molecule has 0 radical (unpaired) electrons. The van der Waals surface area contributed by atoms with Crippen molar-refractivity contribution in [1.29, 1.82) is 0 Å². The lowest BCUT2D eigenvalue weighted by Gasteiger charge is -2.46. The molecule has 0 N–H and O–H groups in total. The van der Waals surface area contributed by atoms with Gasteiger partial charge in [0.25, 0.3) is 6.71 Å². The second kappa shape index (κ2) is 19.0. The summed E-state index contributed by atoms with van der Waals surface area (Å²) >= 11 is 0. The maximum atomic E-state index is 2.66. The minimum Gasteiger partial charge on any atom is -0.311 e. The van der Waals surface area contributed by atoms with Gasteiger partial charge in [-0.3, -0.25) is 0 Å². The lowest BCUT2D eigenvalue weighted by molar-refractivity contribution is 0.590. The van der Waals surface area contributed by atoms with Gasteiger partial charge in [-0.2, -0.15) is 0 Å². The minimum absolute atomic E-state index is 0.00133. The molecule has 0 aromatic heterocycles. The van der Waals surface area contributed by atoms with Crippen molar-refractivity contribution in [3.05, 3.63) is 202 Å². The molecule has 4 heteroatoms. The molecule has 2 aliphatic rings. The largest absolute Gasteiger partial charge is 0.311 e. The fraction of sp³-hybridized carbons (Fsp3) is 0.351. The highest BCUT2D eigenvalue weighted by atomic mass is 15.2. The van der Waals surface area contributed by atoms with Gasteiger partial charge in [0, 0.05) is 45.4 Å². The first kappa shape index (κ1) is 54.6. The molecule has 0 atom stereocenters. The van der Waals surface area contributed by atoms with Gasteiger partial charge in [-0.25, -0.2) is 0 Å². The van der Waals surface area contributed by atoms with Crippen molar-refractivity contribution in [2.45, 2.75) is 171 Å². The average Bonchev–Trinajstić information content (AvgIpc) is 3.56. The molecule has 2 aliphatic heterocycles. The number of rotatable bonds is 6. The fourth-order valence-electron chi connectivity index (χ4n) is 11.9. The molecule has 2 heterocycles. The zero-order valence-electron chi connectivity index (χ0n) is 50.9. The highest BCUT2D eigenvalue weighted by molar-refractivity contribution is 7.00. The first-order chi connectivity index (χ1) is 36.3. The molecule has 10 rings (SSSR count). The molecule has 0 saturated heterocycles. The summed E-state index contributed by atoms with van der Waals surface area (Å²) in [6.45, 7) is 46.3. The van der Waals surface area contributed by atoms with Crippen LogP contribution in [0.15, 0.2) is 158 Å². The number of hydrogen-bond donors (Lipinski definition) is 0. The smallest absolute Gasteiger partial charge is 0.252 e. The monoisotopic (exact) mass is 1030 g/mol. The zero-order valence-corrected chi connectivity index (χ0v) is 50.9. The molecule has 0 fully saturated rings. The molecule has 3 nitrogen and oxygen atoms in total. The Kier molecular flexibility index (Phi) is 13.3. The van der Waals surface area contributed by atoms with Crippen LogP contribution >= 0.6 is 0 Å². The maximum absolute atomic E-state index is 2.66. The quantitative estimate of drug-likeness (QED) is 0.154. The third kappa shape index (κ3) is 10.0. The highest BCUT2D eigenvalue weighted by Gasteiger charge is 2.45. The van der Waals surface area contributed by atoms with Crippen LogP contribution in [0, 0.1) is 13.8 Å². The number of fused-ring (bicyclic) bond motifs is 4. The predicted molar refractivity (Wildman–Crippen MR) is 342 cm³/mol.